The summed E-state index contributed by atoms with van der Waals surface area (Å²) in [6.45, 7) is 3.26. The minimum atomic E-state index is -0.372. The second kappa shape index (κ2) is 8.49. The van der Waals surface area contributed by atoms with Crippen molar-refractivity contribution in [2.75, 3.05) is 16.0 Å². The zero-order valence-corrected chi connectivity index (χ0v) is 16.0. The first-order valence-electron chi connectivity index (χ1n) is 8.46. The molecule has 0 saturated heterocycles. The molecule has 0 aliphatic rings. The first-order valence-corrected chi connectivity index (χ1v) is 8.84. The van der Waals surface area contributed by atoms with E-state index in [1.165, 1.54) is 19.2 Å². The van der Waals surface area contributed by atoms with Crippen LogP contribution in [0.2, 0.25) is 5.02 Å². The first-order chi connectivity index (χ1) is 13.4. The number of carbonyl (C=O) groups is 2. The summed E-state index contributed by atoms with van der Waals surface area (Å²) in [4.78, 5) is 32.1. The average molecular weight is 396 g/mol. The Kier molecular flexibility index (Phi) is 5.86. The maximum atomic E-state index is 12.5. The lowest BCUT2D eigenvalue weighted by Crippen LogP contribution is -2.15. The van der Waals surface area contributed by atoms with Gasteiger partial charge in [-0.05, 0) is 48.9 Å². The summed E-state index contributed by atoms with van der Waals surface area (Å²) in [5.41, 5.74) is 2.92. The van der Waals surface area contributed by atoms with Gasteiger partial charge in [0, 0.05) is 35.2 Å². The molecule has 7 nitrogen and oxygen atoms in total. The molecule has 28 heavy (non-hydrogen) atoms. The minimum absolute atomic E-state index is 0.164. The van der Waals surface area contributed by atoms with Crippen LogP contribution in [0.4, 0.5) is 23.0 Å². The fourth-order valence-electron chi connectivity index (χ4n) is 2.48. The second-order valence-electron chi connectivity index (χ2n) is 6.02. The van der Waals surface area contributed by atoms with Gasteiger partial charge < -0.3 is 16.0 Å². The third-order valence-corrected chi connectivity index (χ3v) is 4.25. The number of halogens is 1. The summed E-state index contributed by atoms with van der Waals surface area (Å²) in [6, 6.07) is 13.9. The van der Waals surface area contributed by atoms with Gasteiger partial charge in [-0.2, -0.15) is 0 Å². The third kappa shape index (κ3) is 4.83. The highest BCUT2D eigenvalue weighted by Gasteiger charge is 2.12. The average Bonchev–Trinajstić information content (AvgIpc) is 2.65. The molecule has 8 heteroatoms. The molecular formula is C20H18ClN5O2. The Labute approximate surface area is 167 Å². The van der Waals surface area contributed by atoms with Crippen LogP contribution in [0.3, 0.4) is 0 Å². The van der Waals surface area contributed by atoms with Crippen LogP contribution in [0.25, 0.3) is 0 Å². The molecule has 3 rings (SSSR count). The summed E-state index contributed by atoms with van der Waals surface area (Å²) >= 11 is 6.09. The molecule has 1 heterocycles. The van der Waals surface area contributed by atoms with Gasteiger partial charge in [0.05, 0.1) is 0 Å². The van der Waals surface area contributed by atoms with Crippen LogP contribution in [-0.4, -0.2) is 21.8 Å². The molecule has 0 atom stereocenters. The lowest BCUT2D eigenvalue weighted by molar-refractivity contribution is -0.114. The first kappa shape index (κ1) is 19.3. The molecule has 142 valence electrons. The Morgan fingerprint density at radius 3 is 2.54 bits per heavy atom. The lowest BCUT2D eigenvalue weighted by Gasteiger charge is -2.10. The quantitative estimate of drug-likeness (QED) is 0.595. The number of benzene rings is 2. The monoisotopic (exact) mass is 395 g/mol. The zero-order valence-electron chi connectivity index (χ0n) is 15.3. The largest absolute Gasteiger partial charge is 0.326 e. The van der Waals surface area contributed by atoms with Crippen molar-refractivity contribution in [2.45, 2.75) is 13.8 Å². The molecular weight excluding hydrogens is 378 g/mol. The van der Waals surface area contributed by atoms with Crippen molar-refractivity contribution in [3.05, 3.63) is 71.0 Å². The summed E-state index contributed by atoms with van der Waals surface area (Å²) in [6.07, 6.45) is 1.49. The van der Waals surface area contributed by atoms with Crippen molar-refractivity contribution < 1.29 is 9.59 Å². The fraction of sp³-hybridized carbons (Fsp3) is 0.100. The predicted octanol–water partition coefficient (Wildman–Crippen LogP) is 4.39. The number of aromatic nitrogens is 2. The van der Waals surface area contributed by atoms with Gasteiger partial charge in [-0.25, -0.2) is 9.97 Å². The van der Waals surface area contributed by atoms with Gasteiger partial charge in [-0.15, -0.1) is 0 Å². The van der Waals surface area contributed by atoms with Gasteiger partial charge in [0.25, 0.3) is 5.91 Å². The molecule has 2 amide bonds. The van der Waals surface area contributed by atoms with Gasteiger partial charge >= 0.3 is 0 Å². The standard InChI is InChI=1S/C20H18ClN5O2/c1-12-16(21)7-4-8-17(12)25-19(28)18-9-10-22-20(26-18)24-15-6-3-5-14(11-15)23-13(2)27/h3-11H,1-2H3,(H,23,27)(H,25,28)(H,22,24,26). The van der Waals surface area contributed by atoms with Crippen molar-refractivity contribution >= 4 is 46.4 Å². The van der Waals surface area contributed by atoms with E-state index in [4.69, 9.17) is 11.6 Å². The van der Waals surface area contributed by atoms with E-state index in [2.05, 4.69) is 25.9 Å². The molecule has 2 aromatic carbocycles. The van der Waals surface area contributed by atoms with Crippen LogP contribution in [0.15, 0.2) is 54.7 Å². The van der Waals surface area contributed by atoms with E-state index in [1.54, 1.807) is 42.5 Å². The summed E-state index contributed by atoms with van der Waals surface area (Å²) in [5, 5.41) is 9.10. The van der Waals surface area contributed by atoms with E-state index in [-0.39, 0.29) is 23.5 Å². The van der Waals surface area contributed by atoms with Crippen LogP contribution >= 0.6 is 11.6 Å². The number of hydrogen-bond donors (Lipinski definition) is 3. The maximum Gasteiger partial charge on any atom is 0.274 e. The van der Waals surface area contributed by atoms with Crippen molar-refractivity contribution in [2.24, 2.45) is 0 Å². The molecule has 0 aliphatic heterocycles. The van der Waals surface area contributed by atoms with Crippen molar-refractivity contribution in [3.8, 4) is 0 Å². The summed E-state index contributed by atoms with van der Waals surface area (Å²) < 4.78 is 0. The Morgan fingerprint density at radius 2 is 1.75 bits per heavy atom. The third-order valence-electron chi connectivity index (χ3n) is 3.84. The highest BCUT2D eigenvalue weighted by Crippen LogP contribution is 2.23. The molecule has 0 spiro atoms. The molecule has 3 N–H and O–H groups in total. The van der Waals surface area contributed by atoms with Gasteiger partial charge in [0.15, 0.2) is 0 Å². The smallest absolute Gasteiger partial charge is 0.274 e. The second-order valence-corrected chi connectivity index (χ2v) is 6.43. The number of carbonyl (C=O) groups excluding carboxylic acids is 2. The van der Waals surface area contributed by atoms with E-state index in [0.29, 0.717) is 22.1 Å². The molecule has 0 radical (unpaired) electrons. The van der Waals surface area contributed by atoms with E-state index in [0.717, 1.165) is 5.56 Å². The van der Waals surface area contributed by atoms with Gasteiger partial charge in [-0.3, -0.25) is 9.59 Å². The normalized spacial score (nSPS) is 10.2. The van der Waals surface area contributed by atoms with Crippen molar-refractivity contribution in [3.63, 3.8) is 0 Å². The van der Waals surface area contributed by atoms with Crippen LogP contribution in [0.1, 0.15) is 23.0 Å². The molecule has 0 saturated carbocycles. The number of rotatable bonds is 5. The summed E-state index contributed by atoms with van der Waals surface area (Å²) in [7, 11) is 0. The number of hydrogen-bond acceptors (Lipinski definition) is 5. The highest BCUT2D eigenvalue weighted by molar-refractivity contribution is 6.31. The Morgan fingerprint density at radius 1 is 1.00 bits per heavy atom. The molecule has 0 aliphatic carbocycles. The fourth-order valence-corrected chi connectivity index (χ4v) is 2.66. The van der Waals surface area contributed by atoms with Crippen LogP contribution < -0.4 is 16.0 Å². The number of nitrogens with one attached hydrogen (secondary N) is 3. The highest BCUT2D eigenvalue weighted by atomic mass is 35.5. The maximum absolute atomic E-state index is 12.5. The molecule has 0 bridgehead atoms. The topological polar surface area (TPSA) is 96.0 Å². The van der Waals surface area contributed by atoms with E-state index >= 15 is 0 Å². The SMILES string of the molecule is CC(=O)Nc1cccc(Nc2nccc(C(=O)Nc3cccc(Cl)c3C)n2)c1. The van der Waals surface area contributed by atoms with Gasteiger partial charge in [-0.1, -0.05) is 23.7 Å². The van der Waals surface area contributed by atoms with E-state index < -0.39 is 0 Å². The predicted molar refractivity (Wildman–Crippen MR) is 110 cm³/mol. The Balaban J connectivity index is 1.76. The van der Waals surface area contributed by atoms with Crippen LogP contribution in [0.5, 0.6) is 0 Å². The Hall–Kier alpha value is -3.45. The minimum Gasteiger partial charge on any atom is -0.326 e. The summed E-state index contributed by atoms with van der Waals surface area (Å²) in [5.74, 6) is -0.276. The van der Waals surface area contributed by atoms with E-state index in [1.807, 2.05) is 6.92 Å². The molecule has 0 fully saturated rings. The van der Waals surface area contributed by atoms with Crippen LogP contribution in [-0.2, 0) is 4.79 Å². The van der Waals surface area contributed by atoms with Gasteiger partial charge in [0.1, 0.15) is 5.69 Å². The number of anilines is 4. The van der Waals surface area contributed by atoms with Crippen molar-refractivity contribution in [1.29, 1.82) is 0 Å². The Bertz CT molecular complexity index is 1040. The number of amides is 2. The van der Waals surface area contributed by atoms with Gasteiger partial charge in [0.2, 0.25) is 11.9 Å². The molecule has 1 aromatic heterocycles. The lowest BCUT2D eigenvalue weighted by atomic mass is 10.2. The zero-order chi connectivity index (χ0) is 20.1. The van der Waals surface area contributed by atoms with Crippen molar-refractivity contribution in [1.82, 2.24) is 9.97 Å². The number of nitrogens with zero attached hydrogens (tertiary/aromatic N) is 2. The molecule has 0 unspecified atom stereocenters. The molecule has 3 aromatic rings. The van der Waals surface area contributed by atoms with E-state index in [9.17, 15) is 9.59 Å². The van der Waals surface area contributed by atoms with Crippen LogP contribution in [0, 0.1) is 6.92 Å².